The monoisotopic (exact) mass is 339 g/mol. The predicted octanol–water partition coefficient (Wildman–Crippen LogP) is 4.70. The van der Waals surface area contributed by atoms with Gasteiger partial charge in [-0.3, -0.25) is 4.79 Å². The van der Waals surface area contributed by atoms with E-state index < -0.39 is 0 Å². The van der Waals surface area contributed by atoms with Crippen LogP contribution in [-0.4, -0.2) is 15.7 Å². The highest BCUT2D eigenvalue weighted by Crippen LogP contribution is 2.25. The van der Waals surface area contributed by atoms with E-state index in [2.05, 4.69) is 10.4 Å². The molecule has 1 N–H and O–H groups in total. The van der Waals surface area contributed by atoms with Gasteiger partial charge in [-0.1, -0.05) is 35.9 Å². The number of anilines is 1. The van der Waals surface area contributed by atoms with Crippen molar-refractivity contribution in [1.82, 2.24) is 9.78 Å². The van der Waals surface area contributed by atoms with Crippen molar-refractivity contribution >= 4 is 23.3 Å². The number of halogens is 1. The van der Waals surface area contributed by atoms with Crippen LogP contribution < -0.4 is 5.32 Å². The van der Waals surface area contributed by atoms with Gasteiger partial charge in [0.05, 0.1) is 22.0 Å². The maximum atomic E-state index is 12.7. The summed E-state index contributed by atoms with van der Waals surface area (Å²) in [7, 11) is 0. The molecular formula is C19H18ClN3O. The molecule has 0 spiro atoms. The molecule has 2 aromatic carbocycles. The smallest absolute Gasteiger partial charge is 0.258 e. The van der Waals surface area contributed by atoms with Crippen LogP contribution in [0.25, 0.3) is 5.69 Å². The van der Waals surface area contributed by atoms with Crippen LogP contribution in [0, 0.1) is 20.8 Å². The minimum absolute atomic E-state index is 0.250. The first-order valence-electron chi connectivity index (χ1n) is 7.66. The van der Waals surface area contributed by atoms with E-state index in [-0.39, 0.29) is 5.91 Å². The zero-order chi connectivity index (χ0) is 17.3. The molecule has 0 saturated heterocycles. The molecule has 0 bridgehead atoms. The molecule has 3 rings (SSSR count). The summed E-state index contributed by atoms with van der Waals surface area (Å²) in [6.07, 6.45) is 0. The Morgan fingerprint density at radius 2 is 1.79 bits per heavy atom. The Morgan fingerprint density at radius 3 is 2.50 bits per heavy atom. The molecule has 122 valence electrons. The number of amides is 1. The van der Waals surface area contributed by atoms with E-state index in [4.69, 9.17) is 11.6 Å². The van der Waals surface area contributed by atoms with Crippen molar-refractivity contribution in [3.8, 4) is 5.69 Å². The Labute approximate surface area is 146 Å². The quantitative estimate of drug-likeness (QED) is 0.751. The fraction of sp³-hybridized carbons (Fsp3) is 0.158. The summed E-state index contributed by atoms with van der Waals surface area (Å²) in [5.41, 5.74) is 4.13. The predicted molar refractivity (Wildman–Crippen MR) is 97.2 cm³/mol. The van der Waals surface area contributed by atoms with E-state index in [0.29, 0.717) is 16.4 Å². The number of nitrogens with one attached hydrogen (secondary N) is 1. The van der Waals surface area contributed by atoms with E-state index >= 15 is 0 Å². The fourth-order valence-corrected chi connectivity index (χ4v) is 2.79. The number of hydrogen-bond donors (Lipinski definition) is 1. The molecule has 3 aromatic rings. The third-order valence-corrected chi connectivity index (χ3v) is 4.46. The molecule has 0 aliphatic rings. The standard InChI is InChI=1S/C19H18ClN3O/c1-12-9-10-16(18(20)14(12)3)19(24)21-17-11-13(2)22-23(17)15-7-5-4-6-8-15/h4-11H,1-3H3,(H,21,24). The summed E-state index contributed by atoms with van der Waals surface area (Å²) >= 11 is 6.34. The SMILES string of the molecule is Cc1cc(NC(=O)c2ccc(C)c(C)c2Cl)n(-c2ccccc2)n1. The zero-order valence-electron chi connectivity index (χ0n) is 13.8. The number of para-hydroxylation sites is 1. The number of carbonyl (C=O) groups is 1. The van der Waals surface area contributed by atoms with Gasteiger partial charge in [0.1, 0.15) is 5.82 Å². The first kappa shape index (κ1) is 16.3. The molecule has 0 fully saturated rings. The summed E-state index contributed by atoms with van der Waals surface area (Å²) in [5.74, 6) is 0.359. The van der Waals surface area contributed by atoms with Crippen molar-refractivity contribution in [2.45, 2.75) is 20.8 Å². The van der Waals surface area contributed by atoms with Gasteiger partial charge in [-0.2, -0.15) is 5.10 Å². The van der Waals surface area contributed by atoms with E-state index in [1.165, 1.54) is 0 Å². The molecule has 1 amide bonds. The van der Waals surface area contributed by atoms with Crippen molar-refractivity contribution in [3.05, 3.63) is 75.9 Å². The molecule has 4 nitrogen and oxygen atoms in total. The van der Waals surface area contributed by atoms with Crippen molar-refractivity contribution in [3.63, 3.8) is 0 Å². The summed E-state index contributed by atoms with van der Waals surface area (Å²) in [5, 5.41) is 7.84. The van der Waals surface area contributed by atoms with Crippen LogP contribution in [0.1, 0.15) is 27.2 Å². The molecule has 0 aliphatic heterocycles. The Bertz CT molecular complexity index is 900. The summed E-state index contributed by atoms with van der Waals surface area (Å²) in [6.45, 7) is 5.77. The Morgan fingerprint density at radius 1 is 1.08 bits per heavy atom. The van der Waals surface area contributed by atoms with Crippen LogP contribution >= 0.6 is 11.6 Å². The van der Waals surface area contributed by atoms with E-state index in [1.54, 1.807) is 10.7 Å². The minimum Gasteiger partial charge on any atom is -0.306 e. The van der Waals surface area contributed by atoms with Gasteiger partial charge in [-0.15, -0.1) is 0 Å². The second-order valence-corrected chi connectivity index (χ2v) is 6.12. The molecule has 0 saturated carbocycles. The highest BCUT2D eigenvalue weighted by Gasteiger charge is 2.16. The van der Waals surface area contributed by atoms with Gasteiger partial charge in [0.25, 0.3) is 5.91 Å². The van der Waals surface area contributed by atoms with Gasteiger partial charge in [0.15, 0.2) is 0 Å². The molecular weight excluding hydrogens is 322 g/mol. The number of carbonyl (C=O) groups excluding carboxylic acids is 1. The lowest BCUT2D eigenvalue weighted by Gasteiger charge is -2.11. The molecule has 0 atom stereocenters. The molecule has 1 heterocycles. The summed E-state index contributed by atoms with van der Waals surface area (Å²) in [4.78, 5) is 12.7. The Kier molecular flexibility index (Phi) is 4.40. The van der Waals surface area contributed by atoms with Crippen molar-refractivity contribution < 1.29 is 4.79 Å². The highest BCUT2D eigenvalue weighted by atomic mass is 35.5. The second-order valence-electron chi connectivity index (χ2n) is 5.74. The van der Waals surface area contributed by atoms with Crippen LogP contribution in [-0.2, 0) is 0 Å². The molecule has 5 heteroatoms. The van der Waals surface area contributed by atoms with Crippen molar-refractivity contribution in [2.75, 3.05) is 5.32 Å². The zero-order valence-corrected chi connectivity index (χ0v) is 14.6. The third kappa shape index (κ3) is 3.05. The summed E-state index contributed by atoms with van der Waals surface area (Å²) in [6, 6.07) is 15.1. The maximum Gasteiger partial charge on any atom is 0.258 e. The normalized spacial score (nSPS) is 10.7. The average molecular weight is 340 g/mol. The Hall–Kier alpha value is -2.59. The lowest BCUT2D eigenvalue weighted by molar-refractivity contribution is 0.102. The largest absolute Gasteiger partial charge is 0.306 e. The first-order chi connectivity index (χ1) is 11.5. The lowest BCUT2D eigenvalue weighted by Crippen LogP contribution is -2.16. The summed E-state index contributed by atoms with van der Waals surface area (Å²) < 4.78 is 1.71. The van der Waals surface area contributed by atoms with Crippen LogP contribution in [0.15, 0.2) is 48.5 Å². The van der Waals surface area contributed by atoms with E-state index in [0.717, 1.165) is 22.5 Å². The lowest BCUT2D eigenvalue weighted by atomic mass is 10.1. The van der Waals surface area contributed by atoms with Gasteiger partial charge in [-0.05, 0) is 50.1 Å². The highest BCUT2D eigenvalue weighted by molar-refractivity contribution is 6.35. The maximum absolute atomic E-state index is 12.7. The minimum atomic E-state index is -0.250. The molecule has 0 aliphatic carbocycles. The fourth-order valence-electron chi connectivity index (χ4n) is 2.50. The Balaban J connectivity index is 1.95. The van der Waals surface area contributed by atoms with Gasteiger partial charge in [-0.25, -0.2) is 4.68 Å². The van der Waals surface area contributed by atoms with Crippen molar-refractivity contribution in [2.24, 2.45) is 0 Å². The number of rotatable bonds is 3. The van der Waals surface area contributed by atoms with Gasteiger partial charge < -0.3 is 5.32 Å². The van der Waals surface area contributed by atoms with Crippen LogP contribution in [0.3, 0.4) is 0 Å². The molecule has 0 unspecified atom stereocenters. The number of hydrogen-bond acceptors (Lipinski definition) is 2. The van der Waals surface area contributed by atoms with Gasteiger partial charge in [0.2, 0.25) is 0 Å². The number of aromatic nitrogens is 2. The number of aryl methyl sites for hydroxylation is 2. The van der Waals surface area contributed by atoms with Crippen molar-refractivity contribution in [1.29, 1.82) is 0 Å². The van der Waals surface area contributed by atoms with E-state index in [1.807, 2.05) is 63.2 Å². The average Bonchev–Trinajstić information content (AvgIpc) is 2.94. The van der Waals surface area contributed by atoms with Crippen LogP contribution in [0.4, 0.5) is 5.82 Å². The molecule has 1 aromatic heterocycles. The van der Waals surface area contributed by atoms with Crippen LogP contribution in [0.5, 0.6) is 0 Å². The molecule has 0 radical (unpaired) electrons. The second kappa shape index (κ2) is 6.49. The van der Waals surface area contributed by atoms with Gasteiger partial charge >= 0.3 is 0 Å². The first-order valence-corrected chi connectivity index (χ1v) is 8.04. The number of benzene rings is 2. The van der Waals surface area contributed by atoms with Crippen LogP contribution in [0.2, 0.25) is 5.02 Å². The molecule has 24 heavy (non-hydrogen) atoms. The third-order valence-electron chi connectivity index (χ3n) is 3.98. The number of nitrogens with zero attached hydrogens (tertiary/aromatic N) is 2. The van der Waals surface area contributed by atoms with Gasteiger partial charge in [0, 0.05) is 6.07 Å². The van der Waals surface area contributed by atoms with E-state index in [9.17, 15) is 4.79 Å². The topological polar surface area (TPSA) is 46.9 Å².